The van der Waals surface area contributed by atoms with Gasteiger partial charge in [0.1, 0.15) is 0 Å². The van der Waals surface area contributed by atoms with Crippen molar-refractivity contribution in [2.75, 3.05) is 0 Å². The van der Waals surface area contributed by atoms with Gasteiger partial charge in [-0.1, -0.05) is 23.2 Å². The first-order valence-corrected chi connectivity index (χ1v) is 7.09. The molecule has 2 aromatic rings. The van der Waals surface area contributed by atoms with Gasteiger partial charge in [-0.3, -0.25) is 4.79 Å². The molecule has 0 spiro atoms. The molecule has 2 rings (SSSR count). The van der Waals surface area contributed by atoms with Crippen LogP contribution in [0.2, 0.25) is 10.0 Å². The van der Waals surface area contributed by atoms with Crippen molar-refractivity contribution >= 4 is 35.3 Å². The number of benzene rings is 1. The Labute approximate surface area is 133 Å². The fourth-order valence-electron chi connectivity index (χ4n) is 2.13. The zero-order valence-corrected chi connectivity index (χ0v) is 13.5. The molecule has 0 saturated heterocycles. The Morgan fingerprint density at radius 3 is 2.57 bits per heavy atom. The third-order valence-corrected chi connectivity index (χ3v) is 3.80. The first kappa shape index (κ1) is 15.6. The maximum atomic E-state index is 10.8. The second kappa shape index (κ2) is 6.33. The van der Waals surface area contributed by atoms with Gasteiger partial charge in [0.2, 0.25) is 5.91 Å². The monoisotopic (exact) mass is 323 g/mol. The Hall–Kier alpha value is -1.78. The van der Waals surface area contributed by atoms with Gasteiger partial charge < -0.3 is 4.57 Å². The summed E-state index contributed by atoms with van der Waals surface area (Å²) in [6.45, 7) is 5.38. The van der Waals surface area contributed by atoms with Crippen LogP contribution in [0, 0.1) is 13.8 Å². The van der Waals surface area contributed by atoms with Crippen LogP contribution in [0.15, 0.2) is 29.4 Å². The van der Waals surface area contributed by atoms with Gasteiger partial charge in [-0.15, -0.1) is 0 Å². The molecule has 6 heteroatoms. The molecule has 21 heavy (non-hydrogen) atoms. The van der Waals surface area contributed by atoms with Gasteiger partial charge >= 0.3 is 0 Å². The number of hydrazone groups is 1. The SMILES string of the molecule is CC(=O)NN=Cc1cc(C)n(-c2ccc(Cl)c(Cl)c2)c1C. The summed E-state index contributed by atoms with van der Waals surface area (Å²) in [6, 6.07) is 7.48. The highest BCUT2D eigenvalue weighted by molar-refractivity contribution is 6.42. The lowest BCUT2D eigenvalue weighted by molar-refractivity contribution is -0.118. The van der Waals surface area contributed by atoms with Crippen molar-refractivity contribution in [3.8, 4) is 5.69 Å². The molecule has 1 heterocycles. The summed E-state index contributed by atoms with van der Waals surface area (Å²) >= 11 is 12.0. The molecular weight excluding hydrogens is 309 g/mol. The Morgan fingerprint density at radius 2 is 1.95 bits per heavy atom. The number of nitrogens with one attached hydrogen (secondary N) is 1. The third kappa shape index (κ3) is 3.46. The zero-order valence-electron chi connectivity index (χ0n) is 11.9. The summed E-state index contributed by atoms with van der Waals surface area (Å²) < 4.78 is 2.05. The van der Waals surface area contributed by atoms with Crippen molar-refractivity contribution in [1.82, 2.24) is 9.99 Å². The van der Waals surface area contributed by atoms with Crippen LogP contribution < -0.4 is 5.43 Å². The molecule has 0 bridgehead atoms. The number of halogens is 2. The average Bonchev–Trinajstić information content (AvgIpc) is 2.68. The van der Waals surface area contributed by atoms with E-state index in [4.69, 9.17) is 23.2 Å². The molecule has 0 unspecified atom stereocenters. The predicted octanol–water partition coefficient (Wildman–Crippen LogP) is 3.87. The molecule has 0 aliphatic rings. The van der Waals surface area contributed by atoms with Crippen molar-refractivity contribution in [3.63, 3.8) is 0 Å². The van der Waals surface area contributed by atoms with Crippen LogP contribution in [-0.2, 0) is 4.79 Å². The lowest BCUT2D eigenvalue weighted by atomic mass is 10.2. The predicted molar refractivity (Wildman–Crippen MR) is 86.7 cm³/mol. The minimum absolute atomic E-state index is 0.204. The van der Waals surface area contributed by atoms with E-state index in [2.05, 4.69) is 15.1 Å². The number of carbonyl (C=O) groups is 1. The maximum absolute atomic E-state index is 10.8. The van der Waals surface area contributed by atoms with Gasteiger partial charge in [0.05, 0.1) is 16.3 Å². The van der Waals surface area contributed by atoms with Gasteiger partial charge in [-0.2, -0.15) is 5.10 Å². The number of aryl methyl sites for hydroxylation is 1. The van der Waals surface area contributed by atoms with Crippen LogP contribution in [0.25, 0.3) is 5.69 Å². The van der Waals surface area contributed by atoms with E-state index < -0.39 is 0 Å². The normalized spacial score (nSPS) is 11.1. The lowest BCUT2D eigenvalue weighted by Gasteiger charge is -2.10. The molecular formula is C15H15Cl2N3O. The number of carbonyl (C=O) groups excluding carboxylic acids is 1. The van der Waals surface area contributed by atoms with Gasteiger partial charge in [-0.25, -0.2) is 5.43 Å². The molecule has 0 radical (unpaired) electrons. The van der Waals surface area contributed by atoms with Crippen molar-refractivity contribution in [2.45, 2.75) is 20.8 Å². The Bertz CT molecular complexity index is 720. The number of nitrogens with zero attached hydrogens (tertiary/aromatic N) is 2. The molecule has 1 aromatic carbocycles. The molecule has 0 atom stereocenters. The van der Waals surface area contributed by atoms with Crippen molar-refractivity contribution in [3.05, 3.63) is 51.3 Å². The largest absolute Gasteiger partial charge is 0.318 e. The number of amides is 1. The number of hydrogen-bond acceptors (Lipinski definition) is 2. The number of hydrogen-bond donors (Lipinski definition) is 1. The average molecular weight is 324 g/mol. The molecule has 1 aromatic heterocycles. The topological polar surface area (TPSA) is 46.4 Å². The minimum atomic E-state index is -0.204. The standard InChI is InChI=1S/C15H15Cl2N3O/c1-9-6-12(8-18-19-11(3)21)10(2)20(9)13-4-5-14(16)15(17)7-13/h4-8H,1-3H3,(H,19,21). The second-order valence-corrected chi connectivity index (χ2v) is 5.50. The summed E-state index contributed by atoms with van der Waals surface area (Å²) in [5.41, 5.74) is 6.28. The smallest absolute Gasteiger partial charge is 0.236 e. The van der Waals surface area contributed by atoms with E-state index >= 15 is 0 Å². The second-order valence-electron chi connectivity index (χ2n) is 4.69. The molecule has 0 aliphatic heterocycles. The Kier molecular flexibility index (Phi) is 4.70. The maximum Gasteiger partial charge on any atom is 0.236 e. The van der Waals surface area contributed by atoms with Crippen molar-refractivity contribution in [1.29, 1.82) is 0 Å². The van der Waals surface area contributed by atoms with E-state index in [1.165, 1.54) is 6.92 Å². The third-order valence-electron chi connectivity index (χ3n) is 3.06. The fourth-order valence-corrected chi connectivity index (χ4v) is 2.42. The molecule has 0 saturated carbocycles. The lowest BCUT2D eigenvalue weighted by Crippen LogP contribution is -2.12. The van der Waals surface area contributed by atoms with E-state index in [0.717, 1.165) is 22.6 Å². The van der Waals surface area contributed by atoms with E-state index in [-0.39, 0.29) is 5.91 Å². The minimum Gasteiger partial charge on any atom is -0.318 e. The zero-order chi connectivity index (χ0) is 15.6. The van der Waals surface area contributed by atoms with Gasteiger partial charge in [0.25, 0.3) is 0 Å². The Balaban J connectivity index is 2.41. The summed E-state index contributed by atoms with van der Waals surface area (Å²) in [5.74, 6) is -0.204. The van der Waals surface area contributed by atoms with E-state index in [9.17, 15) is 4.79 Å². The molecule has 1 N–H and O–H groups in total. The van der Waals surface area contributed by atoms with Crippen LogP contribution in [-0.4, -0.2) is 16.7 Å². The molecule has 4 nitrogen and oxygen atoms in total. The molecule has 1 amide bonds. The quantitative estimate of drug-likeness (QED) is 0.676. The molecule has 0 fully saturated rings. The fraction of sp³-hybridized carbons (Fsp3) is 0.200. The highest BCUT2D eigenvalue weighted by atomic mass is 35.5. The van der Waals surface area contributed by atoms with E-state index in [1.807, 2.05) is 32.0 Å². The summed E-state index contributed by atoms with van der Waals surface area (Å²) in [5, 5.41) is 4.93. The highest BCUT2D eigenvalue weighted by Gasteiger charge is 2.10. The van der Waals surface area contributed by atoms with E-state index in [0.29, 0.717) is 10.0 Å². The number of rotatable bonds is 3. The van der Waals surface area contributed by atoms with Crippen molar-refractivity contribution < 1.29 is 4.79 Å². The Morgan fingerprint density at radius 1 is 1.24 bits per heavy atom. The van der Waals surface area contributed by atoms with Gasteiger partial charge in [-0.05, 0) is 38.1 Å². The van der Waals surface area contributed by atoms with Crippen LogP contribution in [0.3, 0.4) is 0 Å². The number of aromatic nitrogens is 1. The summed E-state index contributed by atoms with van der Waals surface area (Å²) in [6.07, 6.45) is 1.62. The van der Waals surface area contributed by atoms with Crippen LogP contribution >= 0.6 is 23.2 Å². The van der Waals surface area contributed by atoms with Crippen LogP contribution in [0.1, 0.15) is 23.9 Å². The van der Waals surface area contributed by atoms with Crippen molar-refractivity contribution in [2.24, 2.45) is 5.10 Å². The first-order chi connectivity index (χ1) is 9.90. The van der Waals surface area contributed by atoms with Gasteiger partial charge in [0, 0.05) is 29.6 Å². The summed E-state index contributed by atoms with van der Waals surface area (Å²) in [4.78, 5) is 10.8. The van der Waals surface area contributed by atoms with E-state index in [1.54, 1.807) is 12.3 Å². The van der Waals surface area contributed by atoms with Crippen LogP contribution in [0.4, 0.5) is 0 Å². The summed E-state index contributed by atoms with van der Waals surface area (Å²) in [7, 11) is 0. The van der Waals surface area contributed by atoms with Crippen LogP contribution in [0.5, 0.6) is 0 Å². The first-order valence-electron chi connectivity index (χ1n) is 6.34. The highest BCUT2D eigenvalue weighted by Crippen LogP contribution is 2.27. The molecule has 0 aliphatic carbocycles. The van der Waals surface area contributed by atoms with Gasteiger partial charge in [0.15, 0.2) is 0 Å². The molecule has 110 valence electrons.